The minimum atomic E-state index is -4.73. The fourth-order valence-corrected chi connectivity index (χ4v) is 0.673. The van der Waals surface area contributed by atoms with Gasteiger partial charge in [0.15, 0.2) is 5.95 Å². The molecule has 0 fully saturated rings. The van der Waals surface area contributed by atoms with Crippen LogP contribution in [0.2, 0.25) is 0 Å². The summed E-state index contributed by atoms with van der Waals surface area (Å²) in [5.41, 5.74) is -2.87. The summed E-state index contributed by atoms with van der Waals surface area (Å²) in [6.45, 7) is 0. The third-order valence-corrected chi connectivity index (χ3v) is 1.18. The van der Waals surface area contributed by atoms with E-state index in [9.17, 15) is 22.4 Å². The van der Waals surface area contributed by atoms with Crippen molar-refractivity contribution in [1.29, 1.82) is 0 Å². The summed E-state index contributed by atoms with van der Waals surface area (Å²) >= 11 is 0. The van der Waals surface area contributed by atoms with Gasteiger partial charge in [-0.3, -0.25) is 9.78 Å². The lowest BCUT2D eigenvalue weighted by Gasteiger charge is -2.03. The largest absolute Gasteiger partial charge is 0.421 e. The number of pyridine rings is 1. The molecular weight excluding hydrogens is 178 g/mol. The molecule has 0 aromatic carbocycles. The Morgan fingerprint density at radius 3 is 2.25 bits per heavy atom. The molecule has 0 spiro atoms. The third-order valence-electron chi connectivity index (χ3n) is 1.18. The second-order valence-electron chi connectivity index (χ2n) is 2.05. The molecule has 0 aliphatic rings. The van der Waals surface area contributed by atoms with Gasteiger partial charge in [-0.1, -0.05) is 0 Å². The van der Waals surface area contributed by atoms with Crippen LogP contribution < -0.4 is 5.56 Å². The molecule has 1 aromatic rings. The molecule has 6 heteroatoms. The van der Waals surface area contributed by atoms with Gasteiger partial charge in [0.1, 0.15) is 5.56 Å². The number of nitrogens with one attached hydrogen (secondary N) is 1. The zero-order chi connectivity index (χ0) is 9.35. The van der Waals surface area contributed by atoms with Crippen molar-refractivity contribution in [1.82, 2.24) is 4.98 Å². The van der Waals surface area contributed by atoms with Gasteiger partial charge in [0, 0.05) is 0 Å². The number of alkyl halides is 3. The van der Waals surface area contributed by atoms with Gasteiger partial charge in [-0.25, -0.2) is 0 Å². The van der Waals surface area contributed by atoms with Crippen molar-refractivity contribution in [3.05, 3.63) is 34.0 Å². The van der Waals surface area contributed by atoms with E-state index in [2.05, 4.69) is 0 Å². The van der Waals surface area contributed by atoms with E-state index in [1.807, 2.05) is 0 Å². The molecule has 0 atom stereocenters. The lowest BCUT2D eigenvalue weighted by molar-refractivity contribution is -0.138. The van der Waals surface area contributed by atoms with Crippen molar-refractivity contribution < 1.29 is 17.6 Å². The molecular formula is C6H3F4NO. The highest BCUT2D eigenvalue weighted by Crippen LogP contribution is 2.25. The predicted octanol–water partition coefficient (Wildman–Crippen LogP) is 1.53. The van der Waals surface area contributed by atoms with E-state index in [-0.39, 0.29) is 0 Å². The number of H-pyrrole nitrogens is 1. The Balaban J connectivity index is 3.29. The molecule has 12 heavy (non-hydrogen) atoms. The minimum Gasteiger partial charge on any atom is -0.298 e. The number of halogens is 4. The van der Waals surface area contributed by atoms with Crippen molar-refractivity contribution >= 4 is 0 Å². The van der Waals surface area contributed by atoms with Crippen molar-refractivity contribution in [2.45, 2.75) is 6.18 Å². The van der Waals surface area contributed by atoms with Crippen LogP contribution in [0.15, 0.2) is 16.9 Å². The minimum absolute atomic E-state index is 0.397. The van der Waals surface area contributed by atoms with Crippen LogP contribution in [0.5, 0.6) is 0 Å². The van der Waals surface area contributed by atoms with Crippen molar-refractivity contribution in [2.75, 3.05) is 0 Å². The fraction of sp³-hybridized carbons (Fsp3) is 0.167. The summed E-state index contributed by atoms with van der Waals surface area (Å²) in [6, 6.07) is 0.943. The van der Waals surface area contributed by atoms with E-state index in [1.165, 1.54) is 4.98 Å². The number of aromatic nitrogens is 1. The van der Waals surface area contributed by atoms with E-state index < -0.39 is 23.2 Å². The first kappa shape index (κ1) is 8.76. The van der Waals surface area contributed by atoms with E-state index in [0.29, 0.717) is 12.1 Å². The highest BCUT2D eigenvalue weighted by molar-refractivity contribution is 5.13. The molecule has 0 aliphatic carbocycles. The van der Waals surface area contributed by atoms with Gasteiger partial charge in [0.2, 0.25) is 0 Å². The van der Waals surface area contributed by atoms with Gasteiger partial charge in [-0.2, -0.15) is 17.6 Å². The van der Waals surface area contributed by atoms with Crippen molar-refractivity contribution in [3.8, 4) is 0 Å². The quantitative estimate of drug-likeness (QED) is 0.477. The lowest BCUT2D eigenvalue weighted by atomic mass is 10.3. The number of aromatic amines is 1. The number of hydrogen-bond acceptors (Lipinski definition) is 1. The topological polar surface area (TPSA) is 32.9 Å². The fourth-order valence-electron chi connectivity index (χ4n) is 0.673. The van der Waals surface area contributed by atoms with E-state index in [0.717, 1.165) is 0 Å². The summed E-state index contributed by atoms with van der Waals surface area (Å²) in [4.78, 5) is 11.9. The molecule has 0 saturated carbocycles. The second-order valence-corrected chi connectivity index (χ2v) is 2.05. The van der Waals surface area contributed by atoms with Crippen LogP contribution in [0, 0.1) is 5.95 Å². The first-order chi connectivity index (χ1) is 5.41. The van der Waals surface area contributed by atoms with Gasteiger partial charge >= 0.3 is 6.18 Å². The van der Waals surface area contributed by atoms with Crippen molar-refractivity contribution in [2.24, 2.45) is 0 Å². The van der Waals surface area contributed by atoms with Crippen LogP contribution >= 0.6 is 0 Å². The molecule has 0 saturated heterocycles. The van der Waals surface area contributed by atoms with Crippen LogP contribution in [0.3, 0.4) is 0 Å². The molecule has 0 amide bonds. The maximum Gasteiger partial charge on any atom is 0.421 e. The molecule has 1 N–H and O–H groups in total. The normalized spacial score (nSPS) is 11.7. The van der Waals surface area contributed by atoms with Crippen LogP contribution in [0.1, 0.15) is 5.56 Å². The smallest absolute Gasteiger partial charge is 0.298 e. The van der Waals surface area contributed by atoms with Crippen LogP contribution in [-0.2, 0) is 6.18 Å². The summed E-state index contributed by atoms with van der Waals surface area (Å²) in [7, 11) is 0. The van der Waals surface area contributed by atoms with Gasteiger partial charge in [-0.05, 0) is 12.1 Å². The molecule has 0 aliphatic heterocycles. The Morgan fingerprint density at radius 1 is 1.25 bits per heavy atom. The van der Waals surface area contributed by atoms with Gasteiger partial charge < -0.3 is 0 Å². The van der Waals surface area contributed by atoms with Crippen LogP contribution in [0.25, 0.3) is 0 Å². The summed E-state index contributed by atoms with van der Waals surface area (Å²) in [5, 5.41) is 0. The molecule has 0 bridgehead atoms. The zero-order valence-corrected chi connectivity index (χ0v) is 5.57. The number of hydrogen-bond donors (Lipinski definition) is 1. The zero-order valence-electron chi connectivity index (χ0n) is 5.57. The molecule has 1 aromatic heterocycles. The molecule has 0 radical (unpaired) electrons. The van der Waals surface area contributed by atoms with Crippen molar-refractivity contribution in [3.63, 3.8) is 0 Å². The molecule has 2 nitrogen and oxygen atoms in total. The Bertz CT molecular complexity index is 340. The highest BCUT2D eigenvalue weighted by Gasteiger charge is 2.33. The Kier molecular flexibility index (Phi) is 1.91. The SMILES string of the molecule is O=c1[nH]c(F)ccc1C(F)(F)F. The summed E-state index contributed by atoms with van der Waals surface area (Å²) in [6.07, 6.45) is -4.73. The summed E-state index contributed by atoms with van der Waals surface area (Å²) in [5.74, 6) is -1.09. The van der Waals surface area contributed by atoms with Gasteiger partial charge in [0.25, 0.3) is 5.56 Å². The molecule has 1 heterocycles. The summed E-state index contributed by atoms with van der Waals surface area (Å²) < 4.78 is 47.6. The van der Waals surface area contributed by atoms with Crippen LogP contribution in [-0.4, -0.2) is 4.98 Å². The highest BCUT2D eigenvalue weighted by atomic mass is 19.4. The Hall–Kier alpha value is -1.33. The number of rotatable bonds is 0. The van der Waals surface area contributed by atoms with Gasteiger partial charge in [-0.15, -0.1) is 0 Å². The van der Waals surface area contributed by atoms with Crippen LogP contribution in [0.4, 0.5) is 17.6 Å². The standard InChI is InChI=1S/C6H3F4NO/c7-4-2-1-3(5(12)11-4)6(8,9)10/h1-2H,(H,11,12). The maximum atomic E-state index is 12.1. The first-order valence-corrected chi connectivity index (χ1v) is 2.87. The second kappa shape index (κ2) is 2.62. The maximum absolute atomic E-state index is 12.1. The molecule has 66 valence electrons. The van der Waals surface area contributed by atoms with Gasteiger partial charge in [0.05, 0.1) is 0 Å². The van der Waals surface area contributed by atoms with E-state index in [1.54, 1.807) is 0 Å². The predicted molar refractivity (Wildman–Crippen MR) is 32.0 cm³/mol. The Morgan fingerprint density at radius 2 is 1.83 bits per heavy atom. The molecule has 1 rings (SSSR count). The monoisotopic (exact) mass is 181 g/mol. The first-order valence-electron chi connectivity index (χ1n) is 2.87. The average molecular weight is 181 g/mol. The third kappa shape index (κ3) is 1.63. The average Bonchev–Trinajstić information content (AvgIpc) is 1.83. The lowest BCUT2D eigenvalue weighted by Crippen LogP contribution is -2.21. The van der Waals surface area contributed by atoms with E-state index in [4.69, 9.17) is 0 Å². The molecule has 0 unspecified atom stereocenters. The van der Waals surface area contributed by atoms with E-state index >= 15 is 0 Å². The Labute approximate surface area is 63.8 Å².